The van der Waals surface area contributed by atoms with Gasteiger partial charge in [0.15, 0.2) is 0 Å². The molecule has 0 aliphatic rings. The van der Waals surface area contributed by atoms with Gasteiger partial charge in [-0.15, -0.1) is 0 Å². The number of nitro benzene ring substituents is 1. The normalized spacial score (nSPS) is 11.8. The Morgan fingerprint density at radius 1 is 1.40 bits per heavy atom. The molecule has 8 heteroatoms. The Morgan fingerprint density at radius 2 is 2.08 bits per heavy atom. The number of hydrogen-bond donors (Lipinski definition) is 1. The number of aliphatic carboxylic acids is 1. The van der Waals surface area contributed by atoms with Crippen molar-refractivity contribution in [2.45, 2.75) is 27.2 Å². The Morgan fingerprint density at radius 3 is 2.64 bits per heavy atom. The molecule has 0 heterocycles. The first-order valence-corrected chi connectivity index (χ1v) is 8.12. The highest BCUT2D eigenvalue weighted by atomic mass is 16.6. The number of ether oxygens (including phenoxy) is 1. The predicted octanol–water partition coefficient (Wildman–Crippen LogP) is 2.49. The van der Waals surface area contributed by atoms with Gasteiger partial charge >= 0.3 is 5.97 Å². The Hall–Kier alpha value is -2.48. The van der Waals surface area contributed by atoms with Gasteiger partial charge in [-0.1, -0.05) is 13.0 Å². The first kappa shape index (κ1) is 20.6. The summed E-state index contributed by atoms with van der Waals surface area (Å²) in [5.74, 6) is -2.15. The fourth-order valence-electron chi connectivity index (χ4n) is 2.31. The van der Waals surface area contributed by atoms with Gasteiger partial charge in [0, 0.05) is 44.0 Å². The summed E-state index contributed by atoms with van der Waals surface area (Å²) in [6.45, 7) is 6.43. The van der Waals surface area contributed by atoms with Crippen LogP contribution in [0.25, 0.3) is 0 Å². The number of nitro groups is 1. The molecule has 1 N–H and O–H groups in total. The molecule has 25 heavy (non-hydrogen) atoms. The lowest BCUT2D eigenvalue weighted by molar-refractivity contribution is -0.384. The number of carboxylic acids is 1. The van der Waals surface area contributed by atoms with Crippen LogP contribution in [-0.2, 0) is 9.53 Å². The van der Waals surface area contributed by atoms with Crippen molar-refractivity contribution in [3.63, 3.8) is 0 Å². The third-order valence-electron chi connectivity index (χ3n) is 3.79. The zero-order valence-electron chi connectivity index (χ0n) is 14.7. The van der Waals surface area contributed by atoms with Crippen LogP contribution in [0.5, 0.6) is 0 Å². The van der Waals surface area contributed by atoms with Crippen LogP contribution in [0.3, 0.4) is 0 Å². The van der Waals surface area contributed by atoms with Crippen LogP contribution in [0.2, 0.25) is 0 Å². The first-order valence-electron chi connectivity index (χ1n) is 8.12. The number of carboxylic acid groups (broad SMARTS) is 1. The summed E-state index contributed by atoms with van der Waals surface area (Å²) in [5.41, 5.74) is 0.645. The number of rotatable bonds is 10. The van der Waals surface area contributed by atoms with E-state index in [4.69, 9.17) is 9.84 Å². The molecular formula is C17H24N2O6. The number of carbonyl (C=O) groups is 2. The van der Waals surface area contributed by atoms with Crippen molar-refractivity contribution in [2.24, 2.45) is 5.92 Å². The quantitative estimate of drug-likeness (QED) is 0.393. The molecule has 1 rings (SSSR count). The van der Waals surface area contributed by atoms with Crippen LogP contribution >= 0.6 is 0 Å². The molecule has 0 saturated carbocycles. The Labute approximate surface area is 146 Å². The summed E-state index contributed by atoms with van der Waals surface area (Å²) in [7, 11) is 0. The average molecular weight is 352 g/mol. The van der Waals surface area contributed by atoms with E-state index < -0.39 is 22.7 Å². The summed E-state index contributed by atoms with van der Waals surface area (Å²) >= 11 is 0. The number of hydrogen-bond acceptors (Lipinski definition) is 5. The molecule has 1 amide bonds. The second-order valence-electron chi connectivity index (χ2n) is 5.80. The van der Waals surface area contributed by atoms with Crippen LogP contribution in [0.1, 0.15) is 36.2 Å². The predicted molar refractivity (Wildman–Crippen MR) is 91.6 cm³/mol. The zero-order valence-corrected chi connectivity index (χ0v) is 14.7. The van der Waals surface area contributed by atoms with Crippen molar-refractivity contribution in [3.05, 3.63) is 39.4 Å². The maximum absolute atomic E-state index is 12.8. The molecule has 0 aliphatic heterocycles. The smallest absolute Gasteiger partial charge is 0.308 e. The maximum atomic E-state index is 12.8. The second kappa shape index (κ2) is 9.73. The fraction of sp³-hybridized carbons (Fsp3) is 0.529. The van der Waals surface area contributed by atoms with E-state index in [9.17, 15) is 19.7 Å². The second-order valence-corrected chi connectivity index (χ2v) is 5.80. The number of carbonyl (C=O) groups excluding carboxylic acids is 1. The third-order valence-corrected chi connectivity index (χ3v) is 3.79. The van der Waals surface area contributed by atoms with Gasteiger partial charge in [0.05, 0.1) is 10.8 Å². The van der Waals surface area contributed by atoms with Gasteiger partial charge in [-0.2, -0.15) is 0 Å². The van der Waals surface area contributed by atoms with E-state index >= 15 is 0 Å². The molecule has 0 bridgehead atoms. The monoisotopic (exact) mass is 352 g/mol. The van der Waals surface area contributed by atoms with E-state index in [1.54, 1.807) is 6.92 Å². The van der Waals surface area contributed by atoms with Gasteiger partial charge < -0.3 is 14.7 Å². The van der Waals surface area contributed by atoms with Gasteiger partial charge in [0.25, 0.3) is 11.6 Å². The van der Waals surface area contributed by atoms with Gasteiger partial charge in [0.1, 0.15) is 0 Å². The molecule has 0 aromatic heterocycles. The van der Waals surface area contributed by atoms with Crippen molar-refractivity contribution < 1.29 is 24.4 Å². The fourth-order valence-corrected chi connectivity index (χ4v) is 2.31. The van der Waals surface area contributed by atoms with Crippen molar-refractivity contribution in [1.82, 2.24) is 4.90 Å². The Kier molecular flexibility index (Phi) is 8.00. The lowest BCUT2D eigenvalue weighted by Gasteiger charge is -2.25. The largest absolute Gasteiger partial charge is 0.481 e. The molecule has 1 aromatic carbocycles. The highest BCUT2D eigenvalue weighted by Crippen LogP contribution is 2.20. The molecule has 8 nitrogen and oxygen atoms in total. The van der Waals surface area contributed by atoms with Gasteiger partial charge in [0.2, 0.25) is 0 Å². The van der Waals surface area contributed by atoms with Crippen molar-refractivity contribution in [3.8, 4) is 0 Å². The molecule has 0 aliphatic carbocycles. The van der Waals surface area contributed by atoms with Crippen molar-refractivity contribution in [1.29, 1.82) is 0 Å². The summed E-state index contributed by atoms with van der Waals surface area (Å²) < 4.78 is 5.25. The summed E-state index contributed by atoms with van der Waals surface area (Å²) in [6, 6.07) is 4.09. The van der Waals surface area contributed by atoms with Crippen molar-refractivity contribution >= 4 is 17.6 Å². The summed E-state index contributed by atoms with van der Waals surface area (Å²) in [4.78, 5) is 35.8. The van der Waals surface area contributed by atoms with E-state index in [-0.39, 0.29) is 17.8 Å². The lowest BCUT2D eigenvalue weighted by atomic mass is 10.1. The molecule has 0 spiro atoms. The number of amides is 1. The lowest BCUT2D eigenvalue weighted by Crippen LogP contribution is -2.38. The average Bonchev–Trinajstić information content (AvgIpc) is 2.56. The molecule has 138 valence electrons. The number of benzene rings is 1. The minimum absolute atomic E-state index is 0.0302. The summed E-state index contributed by atoms with van der Waals surface area (Å²) in [5, 5.41) is 20.1. The summed E-state index contributed by atoms with van der Waals surface area (Å²) in [6.07, 6.45) is 0.555. The van der Waals surface area contributed by atoms with Crippen LogP contribution < -0.4 is 0 Å². The molecule has 0 fully saturated rings. The van der Waals surface area contributed by atoms with E-state index in [0.29, 0.717) is 31.7 Å². The standard InChI is InChI=1S/C17H24N2O6/c1-4-25-9-5-8-18(11-13(3)17(21)22)16(20)15-10-14(19(23)24)7-6-12(15)2/h6-7,10,13H,4-5,8-9,11H2,1-3H3,(H,21,22). The topological polar surface area (TPSA) is 110 Å². The SMILES string of the molecule is CCOCCCN(CC(C)C(=O)O)C(=O)c1cc([N+](=O)[O-])ccc1C. The molecule has 0 saturated heterocycles. The molecule has 1 atom stereocenters. The molecule has 0 radical (unpaired) electrons. The van der Waals surface area contributed by atoms with Crippen LogP contribution in [0.15, 0.2) is 18.2 Å². The van der Waals surface area contributed by atoms with E-state index in [0.717, 1.165) is 0 Å². The third kappa shape index (κ3) is 6.15. The number of nitrogens with zero attached hydrogens (tertiary/aromatic N) is 2. The van der Waals surface area contributed by atoms with Gasteiger partial charge in [-0.05, 0) is 25.8 Å². The van der Waals surface area contributed by atoms with Crippen LogP contribution in [0.4, 0.5) is 5.69 Å². The Bertz CT molecular complexity index is 632. The van der Waals surface area contributed by atoms with Gasteiger partial charge in [-0.3, -0.25) is 19.7 Å². The van der Waals surface area contributed by atoms with E-state index in [1.807, 2.05) is 6.92 Å². The van der Waals surface area contributed by atoms with E-state index in [2.05, 4.69) is 0 Å². The number of aryl methyl sites for hydroxylation is 1. The highest BCUT2D eigenvalue weighted by molar-refractivity contribution is 5.96. The number of non-ortho nitro benzene ring substituents is 1. The molecule has 1 unspecified atom stereocenters. The zero-order chi connectivity index (χ0) is 19.0. The minimum atomic E-state index is -1.00. The molecular weight excluding hydrogens is 328 g/mol. The maximum Gasteiger partial charge on any atom is 0.308 e. The van der Waals surface area contributed by atoms with E-state index in [1.165, 1.54) is 30.0 Å². The Balaban J connectivity index is 3.02. The molecule has 1 aromatic rings. The van der Waals surface area contributed by atoms with Crippen molar-refractivity contribution in [2.75, 3.05) is 26.3 Å². The minimum Gasteiger partial charge on any atom is -0.481 e. The van der Waals surface area contributed by atoms with Gasteiger partial charge in [-0.25, -0.2) is 0 Å². The first-order chi connectivity index (χ1) is 11.8. The highest BCUT2D eigenvalue weighted by Gasteiger charge is 2.24. The van der Waals surface area contributed by atoms with Crippen LogP contribution in [-0.4, -0.2) is 53.1 Å². The van der Waals surface area contributed by atoms with Crippen LogP contribution in [0, 0.1) is 23.0 Å².